The van der Waals surface area contributed by atoms with Gasteiger partial charge < -0.3 is 5.11 Å². The van der Waals surface area contributed by atoms with Gasteiger partial charge in [-0.25, -0.2) is 18.6 Å². The molecule has 0 bridgehead atoms. The summed E-state index contributed by atoms with van der Waals surface area (Å²) in [6.45, 7) is 3.76. The molecule has 3 aromatic heterocycles. The number of pyridine rings is 1. The average molecular weight is 545 g/mol. The summed E-state index contributed by atoms with van der Waals surface area (Å²) in [7, 11) is 0. The second kappa shape index (κ2) is 9.32. The fourth-order valence-corrected chi connectivity index (χ4v) is 5.18. The maximum atomic E-state index is 14.9. The van der Waals surface area contributed by atoms with E-state index < -0.39 is 45.9 Å². The normalized spacial score (nSPS) is 11.9. The summed E-state index contributed by atoms with van der Waals surface area (Å²) in [5.74, 6) is -2.49. The molecule has 0 radical (unpaired) electrons. The molecule has 0 fully saturated rings. The van der Waals surface area contributed by atoms with E-state index in [0.29, 0.717) is 29.4 Å². The topological polar surface area (TPSA) is 58.5 Å². The Morgan fingerprint density at radius 1 is 1.03 bits per heavy atom. The SMILES string of the molecule is Cc1ncc(C[n+]2c(O)c(-c3ccc(F)c(-c4cc(C(F)(F)F)ccc4F)c3)c(=O)n3cccc(C)c32)s1. The highest BCUT2D eigenvalue weighted by atomic mass is 32.1. The van der Waals surface area contributed by atoms with Crippen molar-refractivity contribution in [3.63, 3.8) is 0 Å². The van der Waals surface area contributed by atoms with E-state index in [2.05, 4.69) is 4.98 Å². The van der Waals surface area contributed by atoms with Gasteiger partial charge in [-0.05, 0) is 61.9 Å². The second-order valence-corrected chi connectivity index (χ2v) is 10.0. The van der Waals surface area contributed by atoms with Crippen molar-refractivity contribution < 1.29 is 31.6 Å². The predicted molar refractivity (Wildman–Crippen MR) is 132 cm³/mol. The van der Waals surface area contributed by atoms with Gasteiger partial charge in [0.1, 0.15) is 18.2 Å². The Kier molecular flexibility index (Phi) is 6.26. The lowest BCUT2D eigenvalue weighted by Gasteiger charge is -2.13. The largest absolute Gasteiger partial charge is 0.477 e. The number of benzene rings is 2. The Morgan fingerprint density at radius 3 is 2.37 bits per heavy atom. The first kappa shape index (κ1) is 25.5. The van der Waals surface area contributed by atoms with Crippen LogP contribution in [0.3, 0.4) is 0 Å². The van der Waals surface area contributed by atoms with Crippen molar-refractivity contribution in [1.29, 1.82) is 0 Å². The van der Waals surface area contributed by atoms with Crippen LogP contribution in [0, 0.1) is 25.5 Å². The number of alkyl halides is 3. The summed E-state index contributed by atoms with van der Waals surface area (Å²) < 4.78 is 72.1. The molecule has 0 aliphatic rings. The highest BCUT2D eigenvalue weighted by Gasteiger charge is 2.32. The lowest BCUT2D eigenvalue weighted by atomic mass is 9.97. The summed E-state index contributed by atoms with van der Waals surface area (Å²) in [6.07, 6.45) is -1.61. The fraction of sp³-hybridized carbons (Fsp3) is 0.148. The van der Waals surface area contributed by atoms with E-state index in [1.807, 2.05) is 6.92 Å². The maximum absolute atomic E-state index is 14.9. The number of aryl methyl sites for hydroxylation is 2. The monoisotopic (exact) mass is 544 g/mol. The molecule has 0 unspecified atom stereocenters. The number of halogens is 5. The molecular weight excluding hydrogens is 525 g/mol. The van der Waals surface area contributed by atoms with Gasteiger partial charge >= 0.3 is 11.7 Å². The van der Waals surface area contributed by atoms with Gasteiger partial charge in [0.25, 0.3) is 11.5 Å². The van der Waals surface area contributed by atoms with Crippen LogP contribution in [0.5, 0.6) is 5.88 Å². The highest BCUT2D eigenvalue weighted by molar-refractivity contribution is 7.11. The number of fused-ring (bicyclic) bond motifs is 1. The molecule has 5 rings (SSSR count). The van der Waals surface area contributed by atoms with Gasteiger partial charge in [-0.15, -0.1) is 11.3 Å². The molecular formula is C27H19F5N3O2S+. The summed E-state index contributed by atoms with van der Waals surface area (Å²) >= 11 is 1.40. The summed E-state index contributed by atoms with van der Waals surface area (Å²) in [5, 5.41) is 12.2. The minimum Gasteiger partial charge on any atom is -0.477 e. The van der Waals surface area contributed by atoms with E-state index in [4.69, 9.17) is 0 Å². The molecule has 0 aliphatic heterocycles. The number of aromatic nitrogens is 3. The van der Waals surface area contributed by atoms with Crippen LogP contribution in [0.25, 0.3) is 27.9 Å². The Hall–Kier alpha value is -4.12. The van der Waals surface area contributed by atoms with E-state index in [1.54, 1.807) is 25.3 Å². The van der Waals surface area contributed by atoms with E-state index in [-0.39, 0.29) is 17.7 Å². The number of hydrogen-bond donors (Lipinski definition) is 1. The zero-order chi connectivity index (χ0) is 27.4. The van der Waals surface area contributed by atoms with Crippen LogP contribution in [0.15, 0.2) is 65.7 Å². The molecule has 1 N–H and O–H groups in total. The Labute approximate surface area is 216 Å². The Morgan fingerprint density at radius 2 is 1.71 bits per heavy atom. The summed E-state index contributed by atoms with van der Waals surface area (Å²) in [4.78, 5) is 18.6. The quantitative estimate of drug-likeness (QED) is 0.222. The lowest BCUT2D eigenvalue weighted by molar-refractivity contribution is -0.671. The van der Waals surface area contributed by atoms with Crippen molar-refractivity contribution in [3.05, 3.63) is 104 Å². The van der Waals surface area contributed by atoms with Crippen molar-refractivity contribution >= 4 is 17.0 Å². The molecule has 0 aliphatic carbocycles. The van der Waals surface area contributed by atoms with Crippen molar-refractivity contribution in [2.24, 2.45) is 0 Å². The zero-order valence-corrected chi connectivity index (χ0v) is 20.8. The second-order valence-electron chi connectivity index (χ2n) is 8.71. The molecule has 194 valence electrons. The standard InChI is InChI=1S/C27H18F5N3O2S/c1-14-4-3-9-34-24(14)35(13-18-12-33-15(2)38-18)26(37)23(25(34)36)16-5-7-21(28)19(10-16)20-11-17(27(30,31)32)6-8-22(20)29/h3-12H,13H2,1-2H3/p+1. The van der Waals surface area contributed by atoms with Crippen LogP contribution in [-0.4, -0.2) is 14.5 Å². The number of thiazole rings is 1. The molecule has 0 saturated carbocycles. The molecule has 0 amide bonds. The van der Waals surface area contributed by atoms with Crippen LogP contribution in [-0.2, 0) is 12.7 Å². The van der Waals surface area contributed by atoms with Crippen molar-refractivity contribution in [2.75, 3.05) is 0 Å². The fourth-order valence-electron chi connectivity index (χ4n) is 4.40. The van der Waals surface area contributed by atoms with Crippen LogP contribution in [0.1, 0.15) is 21.0 Å². The molecule has 0 spiro atoms. The minimum absolute atomic E-state index is 0.00542. The lowest BCUT2D eigenvalue weighted by Crippen LogP contribution is -2.41. The average Bonchev–Trinajstić information content (AvgIpc) is 3.27. The first-order chi connectivity index (χ1) is 18.0. The molecule has 2 aromatic carbocycles. The first-order valence-electron chi connectivity index (χ1n) is 11.3. The van der Waals surface area contributed by atoms with Crippen LogP contribution < -0.4 is 10.1 Å². The van der Waals surface area contributed by atoms with Gasteiger partial charge in [-0.3, -0.25) is 0 Å². The number of nitrogens with zero attached hydrogens (tertiary/aromatic N) is 3. The van der Waals surface area contributed by atoms with E-state index >= 15 is 0 Å². The minimum atomic E-state index is -4.77. The van der Waals surface area contributed by atoms with Gasteiger partial charge in [0.05, 0.1) is 21.6 Å². The Balaban J connectivity index is 1.77. The van der Waals surface area contributed by atoms with Gasteiger partial charge in [-0.1, -0.05) is 6.07 Å². The zero-order valence-electron chi connectivity index (χ0n) is 20.0. The van der Waals surface area contributed by atoms with E-state index in [9.17, 15) is 31.9 Å². The molecule has 0 saturated heterocycles. The van der Waals surface area contributed by atoms with Gasteiger partial charge in [0.2, 0.25) is 0 Å². The smallest absolute Gasteiger partial charge is 0.416 e. The van der Waals surface area contributed by atoms with Crippen LogP contribution in [0.4, 0.5) is 22.0 Å². The predicted octanol–water partition coefficient (Wildman–Crippen LogP) is 6.05. The van der Waals surface area contributed by atoms with Gasteiger partial charge in [0.15, 0.2) is 5.56 Å². The first-order valence-corrected chi connectivity index (χ1v) is 12.1. The molecule has 5 aromatic rings. The third-order valence-electron chi connectivity index (χ3n) is 6.15. The van der Waals surface area contributed by atoms with Gasteiger partial charge in [0, 0.05) is 22.9 Å². The number of hydrogen-bond acceptors (Lipinski definition) is 4. The summed E-state index contributed by atoms with van der Waals surface area (Å²) in [6, 6.07) is 8.31. The number of rotatable bonds is 4. The molecule has 3 heterocycles. The molecule has 5 nitrogen and oxygen atoms in total. The van der Waals surface area contributed by atoms with Gasteiger partial charge in [-0.2, -0.15) is 22.1 Å². The van der Waals surface area contributed by atoms with Crippen LogP contribution in [0.2, 0.25) is 0 Å². The molecule has 11 heteroatoms. The van der Waals surface area contributed by atoms with E-state index in [1.165, 1.54) is 32.6 Å². The van der Waals surface area contributed by atoms with Crippen molar-refractivity contribution in [2.45, 2.75) is 26.6 Å². The summed E-state index contributed by atoms with van der Waals surface area (Å²) in [5.41, 5.74) is -2.00. The third-order valence-corrected chi connectivity index (χ3v) is 7.05. The highest BCUT2D eigenvalue weighted by Crippen LogP contribution is 2.36. The molecule has 0 atom stereocenters. The number of aromatic hydroxyl groups is 1. The Bertz CT molecular complexity index is 1780. The van der Waals surface area contributed by atoms with E-state index in [0.717, 1.165) is 22.0 Å². The molecule has 38 heavy (non-hydrogen) atoms. The maximum Gasteiger partial charge on any atom is 0.416 e. The third kappa shape index (κ3) is 4.43. The van der Waals surface area contributed by atoms with Crippen LogP contribution >= 0.6 is 11.3 Å². The van der Waals surface area contributed by atoms with Crippen molar-refractivity contribution in [1.82, 2.24) is 9.38 Å². The van der Waals surface area contributed by atoms with Crippen molar-refractivity contribution in [3.8, 4) is 28.1 Å².